The van der Waals surface area contributed by atoms with Crippen LogP contribution in [0.15, 0.2) is 48.0 Å². The third-order valence-corrected chi connectivity index (χ3v) is 4.05. The van der Waals surface area contributed by atoms with Gasteiger partial charge in [0.25, 0.3) is 17.5 Å². The van der Waals surface area contributed by atoms with Crippen molar-refractivity contribution in [2.24, 2.45) is 0 Å². The Morgan fingerprint density at radius 3 is 2.25 bits per heavy atom. The highest BCUT2D eigenvalue weighted by molar-refractivity contribution is 6.33. The first-order valence-electron chi connectivity index (χ1n) is 7.87. The molecule has 1 saturated heterocycles. The number of amides is 4. The van der Waals surface area contributed by atoms with Crippen LogP contribution in [0.25, 0.3) is 6.08 Å². The van der Waals surface area contributed by atoms with Crippen molar-refractivity contribution < 1.29 is 24.0 Å². The molecule has 28 heavy (non-hydrogen) atoms. The Kier molecular flexibility index (Phi) is 5.37. The highest BCUT2D eigenvalue weighted by Gasteiger charge is 2.27. The number of hydrogen-bond acceptors (Lipinski definition) is 6. The van der Waals surface area contributed by atoms with E-state index in [0.717, 1.165) is 0 Å². The zero-order chi connectivity index (χ0) is 20.3. The van der Waals surface area contributed by atoms with E-state index in [1.54, 1.807) is 24.3 Å². The number of nitrogens with one attached hydrogen (secondary N) is 2. The summed E-state index contributed by atoms with van der Waals surface area (Å²) in [7, 11) is 0. The van der Waals surface area contributed by atoms with Crippen molar-refractivity contribution in [1.82, 2.24) is 10.6 Å². The molecule has 1 aliphatic heterocycles. The molecule has 0 spiro atoms. The molecular weight excluding hydrogens is 390 g/mol. The van der Waals surface area contributed by atoms with Crippen molar-refractivity contribution in [3.8, 4) is 5.75 Å². The van der Waals surface area contributed by atoms with Crippen LogP contribution in [0.2, 0.25) is 5.02 Å². The van der Waals surface area contributed by atoms with Crippen molar-refractivity contribution >= 4 is 41.2 Å². The van der Waals surface area contributed by atoms with Crippen LogP contribution < -0.4 is 15.4 Å². The number of halogens is 1. The zero-order valence-corrected chi connectivity index (χ0v) is 14.9. The van der Waals surface area contributed by atoms with Crippen LogP contribution in [0.3, 0.4) is 0 Å². The van der Waals surface area contributed by atoms with E-state index in [1.807, 2.05) is 10.6 Å². The molecule has 1 fully saturated rings. The Morgan fingerprint density at radius 1 is 1.04 bits per heavy atom. The first-order chi connectivity index (χ1) is 13.3. The summed E-state index contributed by atoms with van der Waals surface area (Å²) in [5.74, 6) is -1.25. The number of imide groups is 2. The molecule has 2 aromatic carbocycles. The number of nitro benzene ring substituents is 1. The van der Waals surface area contributed by atoms with Gasteiger partial charge in [-0.1, -0.05) is 17.7 Å². The van der Waals surface area contributed by atoms with Crippen LogP contribution in [0.1, 0.15) is 11.1 Å². The lowest BCUT2D eigenvalue weighted by atomic mass is 10.1. The van der Waals surface area contributed by atoms with E-state index in [0.29, 0.717) is 16.9 Å². The van der Waals surface area contributed by atoms with Crippen LogP contribution in [0.4, 0.5) is 10.5 Å². The van der Waals surface area contributed by atoms with Gasteiger partial charge in [-0.3, -0.25) is 30.3 Å². The Labute approximate surface area is 163 Å². The fraction of sp³-hybridized carbons (Fsp3) is 0.0556. The van der Waals surface area contributed by atoms with Gasteiger partial charge in [-0.15, -0.1) is 0 Å². The second-order valence-corrected chi connectivity index (χ2v) is 6.10. The van der Waals surface area contributed by atoms with Gasteiger partial charge in [0.2, 0.25) is 0 Å². The molecule has 0 radical (unpaired) electrons. The molecule has 0 atom stereocenters. The summed E-state index contributed by atoms with van der Waals surface area (Å²) in [5, 5.41) is 14.8. The number of nitro groups is 1. The molecule has 1 heterocycles. The average molecular weight is 402 g/mol. The number of ether oxygens (including phenoxy) is 1. The lowest BCUT2D eigenvalue weighted by Gasteiger charge is -2.14. The van der Waals surface area contributed by atoms with Crippen molar-refractivity contribution in [1.29, 1.82) is 0 Å². The molecule has 2 aromatic rings. The predicted molar refractivity (Wildman–Crippen MR) is 98.5 cm³/mol. The highest BCUT2D eigenvalue weighted by atomic mass is 35.5. The number of barbiturate groups is 1. The largest absolute Gasteiger partial charge is 0.487 e. The Balaban J connectivity index is 1.71. The number of carbonyl (C=O) groups excluding carboxylic acids is 3. The topological polar surface area (TPSA) is 128 Å². The van der Waals surface area contributed by atoms with E-state index < -0.39 is 22.8 Å². The number of non-ortho nitro benzene ring substituents is 1. The van der Waals surface area contributed by atoms with E-state index in [-0.39, 0.29) is 22.9 Å². The van der Waals surface area contributed by atoms with E-state index >= 15 is 0 Å². The minimum absolute atomic E-state index is 0.0170. The van der Waals surface area contributed by atoms with E-state index in [9.17, 15) is 24.5 Å². The Hall–Kier alpha value is -3.72. The third-order valence-electron chi connectivity index (χ3n) is 3.75. The molecule has 142 valence electrons. The van der Waals surface area contributed by atoms with Crippen molar-refractivity contribution in [3.05, 3.63) is 74.3 Å². The molecule has 0 aromatic heterocycles. The van der Waals surface area contributed by atoms with E-state index in [2.05, 4.69) is 0 Å². The maximum atomic E-state index is 11.7. The van der Waals surface area contributed by atoms with Crippen LogP contribution in [0.5, 0.6) is 5.75 Å². The number of rotatable bonds is 5. The fourth-order valence-electron chi connectivity index (χ4n) is 2.37. The first-order valence-corrected chi connectivity index (χ1v) is 8.25. The fourth-order valence-corrected chi connectivity index (χ4v) is 2.62. The molecule has 1 aliphatic rings. The predicted octanol–water partition coefficient (Wildman–Crippen LogP) is 2.58. The summed E-state index contributed by atoms with van der Waals surface area (Å²) in [4.78, 5) is 44.7. The minimum Gasteiger partial charge on any atom is -0.487 e. The molecule has 4 amide bonds. The van der Waals surface area contributed by atoms with Gasteiger partial charge < -0.3 is 4.74 Å². The summed E-state index contributed by atoms with van der Waals surface area (Å²) in [6, 6.07) is 9.67. The summed E-state index contributed by atoms with van der Waals surface area (Å²) in [6.07, 6.45) is 1.29. The lowest BCUT2D eigenvalue weighted by Crippen LogP contribution is -2.51. The smallest absolute Gasteiger partial charge is 0.328 e. The zero-order valence-electron chi connectivity index (χ0n) is 14.1. The van der Waals surface area contributed by atoms with E-state index in [1.165, 1.54) is 24.3 Å². The first kappa shape index (κ1) is 19.1. The third kappa shape index (κ3) is 4.33. The van der Waals surface area contributed by atoms with Crippen LogP contribution in [-0.4, -0.2) is 22.8 Å². The number of hydrogen-bond donors (Lipinski definition) is 2. The molecule has 9 nitrogen and oxygen atoms in total. The second-order valence-electron chi connectivity index (χ2n) is 5.70. The van der Waals surface area contributed by atoms with Crippen molar-refractivity contribution in [2.45, 2.75) is 6.61 Å². The summed E-state index contributed by atoms with van der Waals surface area (Å²) in [5.41, 5.74) is 0.933. The van der Waals surface area contributed by atoms with Gasteiger partial charge in [0.15, 0.2) is 0 Å². The summed E-state index contributed by atoms with van der Waals surface area (Å²) in [6.45, 7) is 0.144. The average Bonchev–Trinajstić information content (AvgIpc) is 2.64. The normalized spacial score (nSPS) is 13.6. The van der Waals surface area contributed by atoms with Crippen molar-refractivity contribution in [2.75, 3.05) is 0 Å². The molecule has 0 unspecified atom stereocenters. The lowest BCUT2D eigenvalue weighted by molar-refractivity contribution is -0.384. The minimum atomic E-state index is -0.875. The summed E-state index contributed by atoms with van der Waals surface area (Å²) < 4.78 is 5.60. The van der Waals surface area contributed by atoms with E-state index in [4.69, 9.17) is 16.3 Å². The number of nitrogens with zero attached hydrogens (tertiary/aromatic N) is 1. The highest BCUT2D eigenvalue weighted by Crippen LogP contribution is 2.27. The van der Waals surface area contributed by atoms with Gasteiger partial charge in [0.1, 0.15) is 17.9 Å². The Morgan fingerprint density at radius 2 is 1.68 bits per heavy atom. The molecule has 3 rings (SSSR count). The standard InChI is InChI=1S/C18H12ClN3O6/c19-14-8-11(7-13-16(23)20-18(25)21-17(13)24)3-6-15(14)28-9-10-1-4-12(5-2-10)22(26)27/h1-8H,9H2,(H2,20,21,23,24,25). The number of benzene rings is 2. The van der Waals surface area contributed by atoms with Gasteiger partial charge in [-0.2, -0.15) is 0 Å². The molecular formula is C18H12ClN3O6. The number of carbonyl (C=O) groups is 3. The van der Waals surface area contributed by atoms with Crippen LogP contribution in [0, 0.1) is 10.1 Å². The molecule has 0 aliphatic carbocycles. The molecule has 0 saturated carbocycles. The maximum absolute atomic E-state index is 11.7. The molecule has 2 N–H and O–H groups in total. The molecule has 10 heteroatoms. The summed E-state index contributed by atoms with van der Waals surface area (Å²) >= 11 is 6.18. The Bertz CT molecular complexity index is 994. The van der Waals surface area contributed by atoms with Gasteiger partial charge >= 0.3 is 6.03 Å². The second kappa shape index (κ2) is 7.89. The van der Waals surface area contributed by atoms with Crippen LogP contribution in [-0.2, 0) is 16.2 Å². The SMILES string of the molecule is O=C1NC(=O)C(=Cc2ccc(OCc3ccc([N+](=O)[O-])cc3)c(Cl)c2)C(=O)N1. The van der Waals surface area contributed by atoms with Gasteiger partial charge in [-0.05, 0) is 41.5 Å². The molecule has 0 bridgehead atoms. The van der Waals surface area contributed by atoms with Gasteiger partial charge in [0, 0.05) is 12.1 Å². The maximum Gasteiger partial charge on any atom is 0.328 e. The van der Waals surface area contributed by atoms with Crippen molar-refractivity contribution in [3.63, 3.8) is 0 Å². The number of urea groups is 1. The monoisotopic (exact) mass is 401 g/mol. The quantitative estimate of drug-likeness (QED) is 0.343. The van der Waals surface area contributed by atoms with Crippen LogP contribution >= 0.6 is 11.6 Å². The van der Waals surface area contributed by atoms with Gasteiger partial charge in [0.05, 0.1) is 9.95 Å². The van der Waals surface area contributed by atoms with Gasteiger partial charge in [-0.25, -0.2) is 4.79 Å².